The van der Waals surface area contributed by atoms with Gasteiger partial charge >= 0.3 is 0 Å². The van der Waals surface area contributed by atoms with E-state index in [1.54, 1.807) is 0 Å². The molecule has 3 nitrogen and oxygen atoms in total. The van der Waals surface area contributed by atoms with Gasteiger partial charge in [-0.2, -0.15) is 0 Å². The molecule has 0 aromatic rings. The standard InChI is InChI=1S/C9H17FO3S/c1-2-3-4-5-9(11)6-7-14(12,13)8-10/h2-8H2,1H3. The quantitative estimate of drug-likeness (QED) is 0.591. The molecule has 0 N–H and O–H groups in total. The van der Waals surface area contributed by atoms with E-state index in [1.807, 2.05) is 6.92 Å². The molecule has 0 amide bonds. The molecule has 0 aromatic heterocycles. The van der Waals surface area contributed by atoms with Gasteiger partial charge in [-0.1, -0.05) is 19.8 Å². The Morgan fingerprint density at radius 1 is 1.21 bits per heavy atom. The SMILES string of the molecule is CCCCCC(=O)CCS(=O)(=O)CF. The van der Waals surface area contributed by atoms with Crippen molar-refractivity contribution in [3.63, 3.8) is 0 Å². The van der Waals surface area contributed by atoms with E-state index in [-0.39, 0.29) is 18.0 Å². The van der Waals surface area contributed by atoms with E-state index < -0.39 is 15.8 Å². The predicted octanol–water partition coefficient (Wildman–Crippen LogP) is 1.87. The number of ketones is 1. The van der Waals surface area contributed by atoms with Crippen molar-refractivity contribution in [3.05, 3.63) is 0 Å². The first-order chi connectivity index (χ1) is 6.52. The van der Waals surface area contributed by atoms with Gasteiger partial charge in [0.05, 0.1) is 5.75 Å². The zero-order chi connectivity index (χ0) is 11.0. The van der Waals surface area contributed by atoms with Gasteiger partial charge in [0.15, 0.2) is 15.8 Å². The Balaban J connectivity index is 3.64. The highest BCUT2D eigenvalue weighted by Gasteiger charge is 2.12. The van der Waals surface area contributed by atoms with Crippen LogP contribution < -0.4 is 0 Å². The summed E-state index contributed by atoms with van der Waals surface area (Å²) >= 11 is 0. The maximum Gasteiger partial charge on any atom is 0.190 e. The second kappa shape index (κ2) is 6.92. The summed E-state index contributed by atoms with van der Waals surface area (Å²) in [5.74, 6) is -0.440. The van der Waals surface area contributed by atoms with Gasteiger partial charge in [0, 0.05) is 12.8 Å². The normalized spacial score (nSPS) is 11.6. The van der Waals surface area contributed by atoms with E-state index in [2.05, 4.69) is 0 Å². The third-order valence-corrected chi connectivity index (χ3v) is 3.08. The van der Waals surface area contributed by atoms with Gasteiger partial charge in [-0.15, -0.1) is 0 Å². The molecule has 14 heavy (non-hydrogen) atoms. The summed E-state index contributed by atoms with van der Waals surface area (Å²) in [4.78, 5) is 11.1. The number of unbranched alkanes of at least 4 members (excludes halogenated alkanes) is 2. The zero-order valence-electron chi connectivity index (χ0n) is 8.46. The van der Waals surface area contributed by atoms with Crippen molar-refractivity contribution < 1.29 is 17.6 Å². The first-order valence-electron chi connectivity index (χ1n) is 4.80. The van der Waals surface area contributed by atoms with Crippen molar-refractivity contribution in [1.82, 2.24) is 0 Å². The molecular weight excluding hydrogens is 207 g/mol. The summed E-state index contributed by atoms with van der Waals surface area (Å²) in [7, 11) is -3.63. The lowest BCUT2D eigenvalue weighted by Gasteiger charge is -1.99. The van der Waals surface area contributed by atoms with E-state index in [4.69, 9.17) is 0 Å². The number of rotatable bonds is 8. The molecule has 0 radical (unpaired) electrons. The van der Waals surface area contributed by atoms with Crippen molar-refractivity contribution >= 4 is 15.6 Å². The van der Waals surface area contributed by atoms with Gasteiger partial charge in [-0.3, -0.25) is 4.79 Å². The molecule has 0 rings (SSSR count). The molecule has 0 heterocycles. The molecule has 0 aromatic carbocycles. The number of hydrogen-bond donors (Lipinski definition) is 0. The highest BCUT2D eigenvalue weighted by atomic mass is 32.2. The summed E-state index contributed by atoms with van der Waals surface area (Å²) in [6, 6.07) is -1.37. The maximum absolute atomic E-state index is 11.8. The minimum Gasteiger partial charge on any atom is -0.300 e. The van der Waals surface area contributed by atoms with Gasteiger partial charge in [-0.25, -0.2) is 12.8 Å². The lowest BCUT2D eigenvalue weighted by molar-refractivity contribution is -0.118. The molecule has 0 aliphatic heterocycles. The Labute approximate surface area is 84.6 Å². The van der Waals surface area contributed by atoms with Crippen molar-refractivity contribution in [1.29, 1.82) is 0 Å². The molecule has 0 aliphatic rings. The van der Waals surface area contributed by atoms with Crippen LogP contribution in [0.25, 0.3) is 0 Å². The van der Waals surface area contributed by atoms with Crippen molar-refractivity contribution in [2.45, 2.75) is 39.0 Å². The van der Waals surface area contributed by atoms with Crippen molar-refractivity contribution in [3.8, 4) is 0 Å². The molecule has 0 saturated carbocycles. The van der Waals surface area contributed by atoms with E-state index in [0.29, 0.717) is 6.42 Å². The van der Waals surface area contributed by atoms with Gasteiger partial charge in [0.1, 0.15) is 5.78 Å². The van der Waals surface area contributed by atoms with Crippen molar-refractivity contribution in [2.75, 3.05) is 11.8 Å². The van der Waals surface area contributed by atoms with Crippen LogP contribution >= 0.6 is 0 Å². The Morgan fingerprint density at radius 2 is 1.86 bits per heavy atom. The molecule has 0 fully saturated rings. The molecular formula is C9H17FO3S. The van der Waals surface area contributed by atoms with E-state index >= 15 is 0 Å². The average Bonchev–Trinajstić information content (AvgIpc) is 2.16. The number of carbonyl (C=O) groups is 1. The van der Waals surface area contributed by atoms with Crippen LogP contribution in [0.15, 0.2) is 0 Å². The molecule has 5 heteroatoms. The smallest absolute Gasteiger partial charge is 0.190 e. The Hall–Kier alpha value is -0.450. The fourth-order valence-corrected chi connectivity index (χ4v) is 1.67. The Bertz CT molecular complexity index is 259. The monoisotopic (exact) mass is 224 g/mol. The van der Waals surface area contributed by atoms with Crippen LogP contribution in [-0.4, -0.2) is 26.0 Å². The molecule has 0 atom stereocenters. The highest BCUT2D eigenvalue weighted by Crippen LogP contribution is 2.03. The highest BCUT2D eigenvalue weighted by molar-refractivity contribution is 7.91. The van der Waals surface area contributed by atoms with E-state index in [0.717, 1.165) is 19.3 Å². The van der Waals surface area contributed by atoms with Gasteiger partial charge in [-0.05, 0) is 6.42 Å². The third-order valence-electron chi connectivity index (χ3n) is 1.92. The molecule has 0 spiro atoms. The largest absolute Gasteiger partial charge is 0.300 e. The van der Waals surface area contributed by atoms with Gasteiger partial charge in [0.2, 0.25) is 0 Å². The molecule has 0 saturated heterocycles. The van der Waals surface area contributed by atoms with E-state index in [1.165, 1.54) is 0 Å². The number of sulfone groups is 1. The first-order valence-corrected chi connectivity index (χ1v) is 6.62. The number of alkyl halides is 1. The summed E-state index contributed by atoms with van der Waals surface area (Å²) in [6.07, 6.45) is 3.16. The number of Topliss-reactive ketones (excluding diaryl/α,β-unsaturated/α-hetero) is 1. The third kappa shape index (κ3) is 7.00. The van der Waals surface area contributed by atoms with Crippen LogP contribution in [0, 0.1) is 0 Å². The van der Waals surface area contributed by atoms with Gasteiger partial charge < -0.3 is 0 Å². The Kier molecular flexibility index (Phi) is 6.70. The topological polar surface area (TPSA) is 51.2 Å². The second-order valence-corrected chi connectivity index (χ2v) is 5.42. The lowest BCUT2D eigenvalue weighted by atomic mass is 10.1. The number of halogens is 1. The van der Waals surface area contributed by atoms with Crippen LogP contribution in [0.5, 0.6) is 0 Å². The minimum atomic E-state index is -3.63. The summed E-state index contributed by atoms with van der Waals surface area (Å²) in [5.41, 5.74) is 0. The summed E-state index contributed by atoms with van der Waals surface area (Å²) in [5, 5.41) is 0. The fourth-order valence-electron chi connectivity index (χ4n) is 1.02. The van der Waals surface area contributed by atoms with Crippen LogP contribution in [0.1, 0.15) is 39.0 Å². The summed E-state index contributed by atoms with van der Waals surface area (Å²) < 4.78 is 33.2. The maximum atomic E-state index is 11.8. The van der Waals surface area contributed by atoms with Crippen LogP contribution in [0.3, 0.4) is 0 Å². The number of carbonyl (C=O) groups excluding carboxylic acids is 1. The summed E-state index contributed by atoms with van der Waals surface area (Å²) in [6.45, 7) is 2.03. The average molecular weight is 224 g/mol. The van der Waals surface area contributed by atoms with Crippen LogP contribution in [-0.2, 0) is 14.6 Å². The Morgan fingerprint density at radius 3 is 2.36 bits per heavy atom. The first kappa shape index (κ1) is 13.5. The predicted molar refractivity (Wildman–Crippen MR) is 53.5 cm³/mol. The lowest BCUT2D eigenvalue weighted by Crippen LogP contribution is -2.12. The van der Waals surface area contributed by atoms with Crippen molar-refractivity contribution in [2.24, 2.45) is 0 Å². The minimum absolute atomic E-state index is 0.0457. The second-order valence-electron chi connectivity index (χ2n) is 3.30. The molecule has 0 bridgehead atoms. The molecule has 0 aliphatic carbocycles. The van der Waals surface area contributed by atoms with E-state index in [9.17, 15) is 17.6 Å². The van der Waals surface area contributed by atoms with Gasteiger partial charge in [0.25, 0.3) is 0 Å². The number of hydrogen-bond acceptors (Lipinski definition) is 3. The van der Waals surface area contributed by atoms with Crippen LogP contribution in [0.4, 0.5) is 4.39 Å². The molecule has 0 unspecified atom stereocenters. The fraction of sp³-hybridized carbons (Fsp3) is 0.889. The van der Waals surface area contributed by atoms with Crippen LogP contribution in [0.2, 0.25) is 0 Å². The molecule has 84 valence electrons. The zero-order valence-corrected chi connectivity index (χ0v) is 9.28.